The van der Waals surface area contributed by atoms with Crippen LogP contribution in [0.3, 0.4) is 0 Å². The molecule has 1 aromatic heterocycles. The summed E-state index contributed by atoms with van der Waals surface area (Å²) in [7, 11) is 0. The van der Waals surface area contributed by atoms with Crippen LogP contribution < -0.4 is 10.5 Å². The summed E-state index contributed by atoms with van der Waals surface area (Å²) in [5.74, 6) is 0.962. The largest absolute Gasteiger partial charge is 0.486 e. The smallest absolute Gasteiger partial charge is 0.228 e. The van der Waals surface area contributed by atoms with Gasteiger partial charge in [0.05, 0.1) is 12.1 Å². The number of aryl methyl sites for hydroxylation is 1. The molecule has 27 heavy (non-hydrogen) atoms. The summed E-state index contributed by atoms with van der Waals surface area (Å²) in [6, 6.07) is 8.14. The van der Waals surface area contributed by atoms with Gasteiger partial charge in [-0.2, -0.15) is 0 Å². The molecule has 0 radical (unpaired) electrons. The number of nitrogens with two attached hydrogens (primary N) is 1. The van der Waals surface area contributed by atoms with Crippen molar-refractivity contribution in [3.63, 3.8) is 0 Å². The van der Waals surface area contributed by atoms with Crippen molar-refractivity contribution >= 4 is 42.1 Å². The number of likely N-dealkylation sites (tertiary alicyclic amines) is 1. The molecule has 1 aromatic carbocycles. The van der Waals surface area contributed by atoms with Gasteiger partial charge in [-0.15, -0.1) is 36.2 Å². The fourth-order valence-electron chi connectivity index (χ4n) is 3.11. The Kier molecular flexibility index (Phi) is 10.1. The summed E-state index contributed by atoms with van der Waals surface area (Å²) in [5.41, 5.74) is 7.83. The van der Waals surface area contributed by atoms with Crippen LogP contribution in [0.5, 0.6) is 5.75 Å². The number of thiazole rings is 1. The summed E-state index contributed by atoms with van der Waals surface area (Å²) in [6.45, 7) is 3.83. The van der Waals surface area contributed by atoms with Gasteiger partial charge in [0.25, 0.3) is 0 Å². The highest BCUT2D eigenvalue weighted by Gasteiger charge is 2.25. The molecule has 1 atom stereocenters. The standard InChI is InChI=1S/C19H25N3O2S.2ClH/c1-14-5-7-17(8-6-14)24-12-18-21-15(13-25-18)10-19(23)22-9-3-2-4-16(22)11-20;;/h5-8,13,16H,2-4,9-12,20H2,1H3;2*1H. The van der Waals surface area contributed by atoms with Crippen LogP contribution in [0.4, 0.5) is 0 Å². The van der Waals surface area contributed by atoms with Crippen LogP contribution in [0.1, 0.15) is 35.5 Å². The van der Waals surface area contributed by atoms with Gasteiger partial charge in [-0.05, 0) is 38.3 Å². The van der Waals surface area contributed by atoms with Gasteiger partial charge in [0, 0.05) is 24.5 Å². The van der Waals surface area contributed by atoms with Crippen molar-refractivity contribution in [3.05, 3.63) is 45.9 Å². The maximum Gasteiger partial charge on any atom is 0.228 e. The van der Waals surface area contributed by atoms with Crippen LogP contribution in [-0.4, -0.2) is 34.9 Å². The Morgan fingerprint density at radius 2 is 2.04 bits per heavy atom. The molecule has 3 rings (SSSR count). The maximum atomic E-state index is 12.6. The van der Waals surface area contributed by atoms with Gasteiger partial charge in [-0.1, -0.05) is 17.7 Å². The van der Waals surface area contributed by atoms with Gasteiger partial charge in [-0.3, -0.25) is 4.79 Å². The van der Waals surface area contributed by atoms with E-state index in [2.05, 4.69) is 4.98 Å². The van der Waals surface area contributed by atoms with Gasteiger partial charge < -0.3 is 15.4 Å². The molecule has 0 spiro atoms. The topological polar surface area (TPSA) is 68.5 Å². The summed E-state index contributed by atoms with van der Waals surface area (Å²) in [4.78, 5) is 19.0. The SMILES string of the molecule is Cc1ccc(OCc2nc(CC(=O)N3CCCCC3CN)cs2)cc1.Cl.Cl. The van der Waals surface area contributed by atoms with E-state index in [1.54, 1.807) is 0 Å². The van der Waals surface area contributed by atoms with Crippen LogP contribution >= 0.6 is 36.2 Å². The van der Waals surface area contributed by atoms with Crippen molar-refractivity contribution in [3.8, 4) is 5.75 Å². The summed E-state index contributed by atoms with van der Waals surface area (Å²) in [6.07, 6.45) is 3.57. The van der Waals surface area contributed by atoms with Crippen molar-refractivity contribution in [2.75, 3.05) is 13.1 Å². The van der Waals surface area contributed by atoms with E-state index in [9.17, 15) is 4.79 Å². The molecule has 0 aliphatic carbocycles. The summed E-state index contributed by atoms with van der Waals surface area (Å²) < 4.78 is 5.75. The molecule has 1 saturated heterocycles. The second-order valence-electron chi connectivity index (χ2n) is 6.48. The van der Waals surface area contributed by atoms with Crippen molar-refractivity contribution in [1.82, 2.24) is 9.88 Å². The van der Waals surface area contributed by atoms with Crippen molar-refractivity contribution in [2.45, 2.75) is 45.3 Å². The van der Waals surface area contributed by atoms with Gasteiger partial charge in [0.1, 0.15) is 17.4 Å². The van der Waals surface area contributed by atoms with Crippen LogP contribution in [0.15, 0.2) is 29.6 Å². The first-order valence-electron chi connectivity index (χ1n) is 8.78. The molecular formula is C19H27Cl2N3O2S. The molecule has 0 saturated carbocycles. The van der Waals surface area contributed by atoms with E-state index in [4.69, 9.17) is 10.5 Å². The first-order valence-corrected chi connectivity index (χ1v) is 9.66. The predicted octanol–water partition coefficient (Wildman–Crippen LogP) is 3.76. The van der Waals surface area contributed by atoms with Crippen molar-refractivity contribution < 1.29 is 9.53 Å². The fraction of sp³-hybridized carbons (Fsp3) is 0.474. The highest BCUT2D eigenvalue weighted by atomic mass is 35.5. The molecule has 1 aliphatic rings. The van der Waals surface area contributed by atoms with Crippen LogP contribution in [0, 0.1) is 6.92 Å². The molecule has 1 amide bonds. The molecule has 8 heteroatoms. The molecule has 2 N–H and O–H groups in total. The molecule has 1 aliphatic heterocycles. The molecular weight excluding hydrogens is 405 g/mol. The monoisotopic (exact) mass is 431 g/mol. The van der Waals surface area contributed by atoms with Gasteiger partial charge in [-0.25, -0.2) is 4.98 Å². The second-order valence-corrected chi connectivity index (χ2v) is 7.43. The first kappa shape index (κ1) is 23.7. The zero-order valence-corrected chi connectivity index (χ0v) is 17.9. The van der Waals surface area contributed by atoms with Crippen LogP contribution in [0.25, 0.3) is 0 Å². The Labute approximate surface area is 177 Å². The second kappa shape index (κ2) is 11.5. The van der Waals surface area contributed by atoms with Crippen molar-refractivity contribution in [1.29, 1.82) is 0 Å². The molecule has 150 valence electrons. The van der Waals surface area contributed by atoms with Gasteiger partial charge >= 0.3 is 0 Å². The lowest BCUT2D eigenvalue weighted by molar-refractivity contribution is -0.133. The highest BCUT2D eigenvalue weighted by molar-refractivity contribution is 7.09. The van der Waals surface area contributed by atoms with Crippen LogP contribution in [0.2, 0.25) is 0 Å². The van der Waals surface area contributed by atoms with E-state index in [-0.39, 0.29) is 36.8 Å². The zero-order valence-electron chi connectivity index (χ0n) is 15.4. The Morgan fingerprint density at radius 1 is 1.30 bits per heavy atom. The number of hydrogen-bond donors (Lipinski definition) is 1. The molecule has 2 heterocycles. The van der Waals surface area contributed by atoms with Gasteiger partial charge in [0.15, 0.2) is 0 Å². The minimum Gasteiger partial charge on any atom is -0.486 e. The predicted molar refractivity (Wildman–Crippen MR) is 114 cm³/mol. The normalized spacial score (nSPS) is 16.2. The lowest BCUT2D eigenvalue weighted by atomic mass is 10.0. The number of hydrogen-bond acceptors (Lipinski definition) is 5. The Morgan fingerprint density at radius 3 is 2.74 bits per heavy atom. The summed E-state index contributed by atoms with van der Waals surface area (Å²) >= 11 is 1.54. The number of rotatable bonds is 6. The third-order valence-corrected chi connectivity index (χ3v) is 5.41. The zero-order chi connectivity index (χ0) is 17.6. The number of carbonyl (C=O) groups is 1. The Balaban J connectivity index is 0.00000182. The van der Waals surface area contributed by atoms with E-state index in [0.29, 0.717) is 19.6 Å². The Bertz CT molecular complexity index is 709. The molecule has 1 fully saturated rings. The van der Waals surface area contributed by atoms with Gasteiger partial charge in [0.2, 0.25) is 5.91 Å². The number of benzene rings is 1. The lowest BCUT2D eigenvalue weighted by Gasteiger charge is -2.35. The highest BCUT2D eigenvalue weighted by Crippen LogP contribution is 2.19. The first-order chi connectivity index (χ1) is 12.2. The van der Waals surface area contributed by atoms with E-state index in [1.807, 2.05) is 41.5 Å². The number of ether oxygens (including phenoxy) is 1. The third kappa shape index (κ3) is 6.64. The number of aromatic nitrogens is 1. The maximum absolute atomic E-state index is 12.6. The van der Waals surface area contributed by atoms with E-state index in [1.165, 1.54) is 16.9 Å². The minimum absolute atomic E-state index is 0. The quantitative estimate of drug-likeness (QED) is 0.755. The number of nitrogens with zero attached hydrogens (tertiary/aromatic N) is 2. The van der Waals surface area contributed by atoms with E-state index < -0.39 is 0 Å². The number of halogens is 2. The fourth-order valence-corrected chi connectivity index (χ4v) is 3.81. The number of carbonyl (C=O) groups excluding carboxylic acids is 1. The van der Waals surface area contributed by atoms with Crippen molar-refractivity contribution in [2.24, 2.45) is 5.73 Å². The molecule has 1 unspecified atom stereocenters. The van der Waals surface area contributed by atoms with Crippen LogP contribution in [-0.2, 0) is 17.8 Å². The molecule has 5 nitrogen and oxygen atoms in total. The number of amides is 1. The average Bonchev–Trinajstić information content (AvgIpc) is 3.08. The lowest BCUT2D eigenvalue weighted by Crippen LogP contribution is -2.48. The number of piperidine rings is 1. The Hall–Kier alpha value is -1.34. The van der Waals surface area contributed by atoms with E-state index in [0.717, 1.165) is 42.3 Å². The molecule has 0 bridgehead atoms. The average molecular weight is 432 g/mol. The summed E-state index contributed by atoms with van der Waals surface area (Å²) in [5, 5.41) is 2.84. The minimum atomic E-state index is 0. The molecule has 2 aromatic rings. The van der Waals surface area contributed by atoms with E-state index >= 15 is 0 Å². The third-order valence-electron chi connectivity index (χ3n) is 4.53.